The Kier molecular flexibility index (Phi) is 5.06. The van der Waals surface area contributed by atoms with E-state index in [1.54, 1.807) is 6.07 Å². The van der Waals surface area contributed by atoms with Crippen LogP contribution in [0.1, 0.15) is 17.3 Å². The number of methoxy groups -OCH3 is 1. The van der Waals surface area contributed by atoms with Crippen molar-refractivity contribution in [2.45, 2.75) is 13.0 Å². The van der Waals surface area contributed by atoms with Gasteiger partial charge in [-0.25, -0.2) is 18.7 Å². The predicted molar refractivity (Wildman–Crippen MR) is 91.2 cm³/mol. The molecule has 0 spiro atoms. The van der Waals surface area contributed by atoms with Crippen molar-refractivity contribution in [1.29, 1.82) is 0 Å². The van der Waals surface area contributed by atoms with E-state index in [9.17, 15) is 18.8 Å². The van der Waals surface area contributed by atoms with E-state index < -0.39 is 24.0 Å². The molecule has 10 heteroatoms. The molecule has 1 fully saturated rings. The summed E-state index contributed by atoms with van der Waals surface area (Å²) in [5.74, 6) is -1.45. The number of hydrogen-bond acceptors (Lipinski definition) is 6. The molecule has 1 saturated heterocycles. The van der Waals surface area contributed by atoms with Crippen molar-refractivity contribution < 1.29 is 28.2 Å². The summed E-state index contributed by atoms with van der Waals surface area (Å²) in [6.07, 6.45) is 1.48. The Morgan fingerprint density at radius 2 is 2.22 bits per heavy atom. The number of ether oxygens (including phenoxy) is 2. The SMILES string of the molecule is COC(=O)c1cnn(-c2ccc(N3C[C@H](CNC(C)=O)OC3=O)cc2F)c1. The third-order valence-electron chi connectivity index (χ3n) is 3.95. The molecule has 1 aliphatic rings. The zero-order chi connectivity index (χ0) is 19.6. The van der Waals surface area contributed by atoms with Gasteiger partial charge < -0.3 is 14.8 Å². The number of nitrogens with one attached hydrogen (secondary N) is 1. The maximum atomic E-state index is 14.5. The third kappa shape index (κ3) is 3.89. The minimum atomic E-state index is -0.634. The van der Waals surface area contributed by atoms with Gasteiger partial charge in [-0.2, -0.15) is 5.10 Å². The first kappa shape index (κ1) is 18.4. The van der Waals surface area contributed by atoms with Gasteiger partial charge in [-0.3, -0.25) is 9.69 Å². The summed E-state index contributed by atoms with van der Waals surface area (Å²) in [5.41, 5.74) is 0.605. The van der Waals surface area contributed by atoms with E-state index in [0.717, 1.165) is 0 Å². The average Bonchev–Trinajstić information content (AvgIpc) is 3.26. The molecule has 2 amide bonds. The van der Waals surface area contributed by atoms with Crippen LogP contribution in [0.25, 0.3) is 5.69 Å². The normalized spacial score (nSPS) is 16.2. The molecule has 1 atom stereocenters. The van der Waals surface area contributed by atoms with Gasteiger partial charge in [-0.15, -0.1) is 0 Å². The third-order valence-corrected chi connectivity index (χ3v) is 3.95. The zero-order valence-corrected chi connectivity index (χ0v) is 14.6. The van der Waals surface area contributed by atoms with Crippen LogP contribution in [0.3, 0.4) is 0 Å². The fourth-order valence-corrected chi connectivity index (χ4v) is 2.62. The van der Waals surface area contributed by atoms with Gasteiger partial charge in [0, 0.05) is 13.1 Å². The molecule has 1 aliphatic heterocycles. The topological polar surface area (TPSA) is 103 Å². The number of rotatable bonds is 5. The highest BCUT2D eigenvalue weighted by Crippen LogP contribution is 2.25. The Hall–Kier alpha value is -3.43. The molecule has 0 bridgehead atoms. The second-order valence-electron chi connectivity index (χ2n) is 5.85. The van der Waals surface area contributed by atoms with Crippen molar-refractivity contribution in [3.63, 3.8) is 0 Å². The van der Waals surface area contributed by atoms with E-state index >= 15 is 0 Å². The van der Waals surface area contributed by atoms with Crippen molar-refractivity contribution in [1.82, 2.24) is 15.1 Å². The minimum Gasteiger partial charge on any atom is -0.465 e. The number of cyclic esters (lactones) is 1. The number of carbonyl (C=O) groups excluding carboxylic acids is 3. The lowest BCUT2D eigenvalue weighted by Crippen LogP contribution is -2.33. The van der Waals surface area contributed by atoms with Crippen LogP contribution in [0.5, 0.6) is 0 Å². The lowest BCUT2D eigenvalue weighted by atomic mass is 10.2. The molecule has 2 aromatic rings. The van der Waals surface area contributed by atoms with E-state index in [1.165, 1.54) is 48.1 Å². The first-order chi connectivity index (χ1) is 12.9. The molecule has 27 heavy (non-hydrogen) atoms. The number of hydrogen-bond donors (Lipinski definition) is 1. The molecule has 0 saturated carbocycles. The lowest BCUT2D eigenvalue weighted by Gasteiger charge is -2.14. The maximum Gasteiger partial charge on any atom is 0.414 e. The number of aromatic nitrogens is 2. The Labute approximate surface area is 153 Å². The Morgan fingerprint density at radius 3 is 2.89 bits per heavy atom. The second kappa shape index (κ2) is 7.44. The quantitative estimate of drug-likeness (QED) is 0.788. The Morgan fingerprint density at radius 1 is 1.44 bits per heavy atom. The Bertz CT molecular complexity index is 897. The molecule has 9 nitrogen and oxygen atoms in total. The van der Waals surface area contributed by atoms with Gasteiger partial charge in [0.2, 0.25) is 5.91 Å². The average molecular weight is 376 g/mol. The first-order valence-electron chi connectivity index (χ1n) is 8.04. The molecule has 1 N–H and O–H groups in total. The van der Waals surface area contributed by atoms with E-state index in [-0.39, 0.29) is 30.2 Å². The molecule has 0 aliphatic carbocycles. The highest BCUT2D eigenvalue weighted by atomic mass is 19.1. The minimum absolute atomic E-state index is 0.108. The monoisotopic (exact) mass is 376 g/mol. The number of carbonyl (C=O) groups is 3. The number of anilines is 1. The van der Waals surface area contributed by atoms with Crippen molar-refractivity contribution in [3.8, 4) is 5.69 Å². The molecule has 2 heterocycles. The van der Waals surface area contributed by atoms with Crippen LogP contribution < -0.4 is 10.2 Å². The molecular formula is C17H17FN4O5. The van der Waals surface area contributed by atoms with Crippen LogP contribution in [0, 0.1) is 5.82 Å². The molecule has 1 aromatic carbocycles. The number of benzene rings is 1. The standard InChI is InChI=1S/C17H17FN4O5/c1-10(23)19-7-13-9-21(17(25)27-13)12-3-4-15(14(18)5-12)22-8-11(6-20-22)16(24)26-2/h3-6,8,13H,7,9H2,1-2H3,(H,19,23)/t13-/m0/s1. The van der Waals surface area contributed by atoms with Crippen molar-refractivity contribution >= 4 is 23.7 Å². The zero-order valence-electron chi connectivity index (χ0n) is 14.6. The highest BCUT2D eigenvalue weighted by Gasteiger charge is 2.32. The highest BCUT2D eigenvalue weighted by molar-refractivity contribution is 5.90. The second-order valence-corrected chi connectivity index (χ2v) is 5.85. The summed E-state index contributed by atoms with van der Waals surface area (Å²) >= 11 is 0. The van der Waals surface area contributed by atoms with Crippen LogP contribution >= 0.6 is 0 Å². The van der Waals surface area contributed by atoms with Gasteiger partial charge in [0.1, 0.15) is 11.8 Å². The molecular weight excluding hydrogens is 359 g/mol. The van der Waals surface area contributed by atoms with E-state index in [0.29, 0.717) is 5.69 Å². The number of esters is 1. The van der Waals surface area contributed by atoms with Crippen LogP contribution in [-0.4, -0.2) is 54.1 Å². The van der Waals surface area contributed by atoms with Crippen LogP contribution in [-0.2, 0) is 14.3 Å². The summed E-state index contributed by atoms with van der Waals surface area (Å²) in [7, 11) is 1.24. The number of amides is 2. The van der Waals surface area contributed by atoms with Crippen LogP contribution in [0.15, 0.2) is 30.6 Å². The summed E-state index contributed by atoms with van der Waals surface area (Å²) in [6.45, 7) is 1.73. The summed E-state index contributed by atoms with van der Waals surface area (Å²) < 4.78 is 25.5. The smallest absolute Gasteiger partial charge is 0.414 e. The molecule has 1 aromatic heterocycles. The van der Waals surface area contributed by atoms with Gasteiger partial charge >= 0.3 is 12.1 Å². The van der Waals surface area contributed by atoms with Crippen LogP contribution in [0.2, 0.25) is 0 Å². The number of halogens is 1. The summed E-state index contributed by atoms with van der Waals surface area (Å²) in [4.78, 5) is 35.7. The fourth-order valence-electron chi connectivity index (χ4n) is 2.62. The molecule has 0 radical (unpaired) electrons. The lowest BCUT2D eigenvalue weighted by molar-refractivity contribution is -0.119. The van der Waals surface area contributed by atoms with Gasteiger partial charge in [-0.05, 0) is 18.2 Å². The van der Waals surface area contributed by atoms with Gasteiger partial charge in [0.05, 0.1) is 37.6 Å². The van der Waals surface area contributed by atoms with E-state index in [4.69, 9.17) is 4.74 Å². The van der Waals surface area contributed by atoms with Crippen LogP contribution in [0.4, 0.5) is 14.9 Å². The van der Waals surface area contributed by atoms with Crippen molar-refractivity contribution in [3.05, 3.63) is 42.0 Å². The van der Waals surface area contributed by atoms with Gasteiger partial charge in [-0.1, -0.05) is 0 Å². The van der Waals surface area contributed by atoms with E-state index in [2.05, 4.69) is 15.2 Å². The predicted octanol–water partition coefficient (Wildman–Crippen LogP) is 1.26. The van der Waals surface area contributed by atoms with E-state index in [1.807, 2.05) is 0 Å². The van der Waals surface area contributed by atoms with Crippen molar-refractivity contribution in [2.24, 2.45) is 0 Å². The first-order valence-corrected chi connectivity index (χ1v) is 8.04. The number of nitrogens with zero attached hydrogens (tertiary/aromatic N) is 3. The summed E-state index contributed by atoms with van der Waals surface area (Å²) in [5, 5.41) is 6.51. The molecule has 3 rings (SSSR count). The van der Waals surface area contributed by atoms with Crippen molar-refractivity contribution in [2.75, 3.05) is 25.1 Å². The molecule has 0 unspecified atom stereocenters. The molecule has 142 valence electrons. The van der Waals surface area contributed by atoms with Gasteiger partial charge in [0.15, 0.2) is 5.82 Å². The Balaban J connectivity index is 1.77. The summed E-state index contributed by atoms with van der Waals surface area (Å²) in [6, 6.07) is 4.16. The van der Waals surface area contributed by atoms with Gasteiger partial charge in [0.25, 0.3) is 0 Å². The fraction of sp³-hybridized carbons (Fsp3) is 0.294. The largest absolute Gasteiger partial charge is 0.465 e. The maximum absolute atomic E-state index is 14.5.